The number of carbonyl (C=O) groups is 2. The first-order valence-electron chi connectivity index (χ1n) is 7.13. The molecule has 1 N–H and O–H groups in total. The fourth-order valence-corrected chi connectivity index (χ4v) is 2.19. The van der Waals surface area contributed by atoms with Crippen molar-refractivity contribution in [3.05, 3.63) is 0 Å². The summed E-state index contributed by atoms with van der Waals surface area (Å²) in [6.07, 6.45) is 0.560. The number of amides is 1. The van der Waals surface area contributed by atoms with E-state index in [4.69, 9.17) is 9.84 Å². The fourth-order valence-electron chi connectivity index (χ4n) is 2.19. The average molecular weight is 286 g/mol. The van der Waals surface area contributed by atoms with E-state index in [0.29, 0.717) is 19.5 Å². The van der Waals surface area contributed by atoms with Crippen LogP contribution in [-0.4, -0.2) is 64.8 Å². The van der Waals surface area contributed by atoms with Crippen molar-refractivity contribution in [1.82, 2.24) is 9.80 Å². The Morgan fingerprint density at radius 1 is 1.20 bits per heavy atom. The summed E-state index contributed by atoms with van der Waals surface area (Å²) in [6, 6.07) is 0.229. The molecule has 20 heavy (non-hydrogen) atoms. The Hall–Kier alpha value is -1.30. The monoisotopic (exact) mass is 286 g/mol. The molecular weight excluding hydrogens is 260 g/mol. The lowest BCUT2D eigenvalue weighted by Crippen LogP contribution is -2.52. The lowest BCUT2D eigenvalue weighted by molar-refractivity contribution is -0.137. The quantitative estimate of drug-likeness (QED) is 0.853. The number of carboxylic acid groups (broad SMARTS) is 1. The number of ether oxygens (including phenoxy) is 1. The van der Waals surface area contributed by atoms with Gasteiger partial charge in [-0.1, -0.05) is 0 Å². The Kier molecular flexibility index (Phi) is 5.80. The van der Waals surface area contributed by atoms with Crippen LogP contribution in [0.1, 0.15) is 40.5 Å². The van der Waals surface area contributed by atoms with E-state index >= 15 is 0 Å². The van der Waals surface area contributed by atoms with Crippen molar-refractivity contribution in [2.75, 3.05) is 26.2 Å². The topological polar surface area (TPSA) is 70.1 Å². The minimum atomic E-state index is -0.760. The van der Waals surface area contributed by atoms with Crippen LogP contribution in [0.5, 0.6) is 0 Å². The predicted molar refractivity (Wildman–Crippen MR) is 75.7 cm³/mol. The fraction of sp³-hybridized carbons (Fsp3) is 0.857. The summed E-state index contributed by atoms with van der Waals surface area (Å²) in [6.45, 7) is 10.4. The zero-order chi connectivity index (χ0) is 15.3. The second-order valence-corrected chi connectivity index (χ2v) is 6.28. The highest BCUT2D eigenvalue weighted by Crippen LogP contribution is 2.14. The average Bonchev–Trinajstić information content (AvgIpc) is 2.34. The largest absolute Gasteiger partial charge is 0.481 e. The smallest absolute Gasteiger partial charge is 0.410 e. The highest BCUT2D eigenvalue weighted by Gasteiger charge is 2.27. The first kappa shape index (κ1) is 16.8. The molecule has 1 atom stereocenters. The second-order valence-electron chi connectivity index (χ2n) is 6.28. The summed E-state index contributed by atoms with van der Waals surface area (Å²) in [5.41, 5.74) is -0.469. The van der Waals surface area contributed by atoms with Gasteiger partial charge in [-0.25, -0.2) is 4.79 Å². The molecule has 6 heteroatoms. The number of rotatable bonds is 4. The third-order valence-electron chi connectivity index (χ3n) is 3.37. The maximum absolute atomic E-state index is 11.9. The van der Waals surface area contributed by atoms with Gasteiger partial charge in [0.05, 0.1) is 0 Å². The maximum Gasteiger partial charge on any atom is 0.410 e. The normalized spacial score (nSPS) is 18.7. The summed E-state index contributed by atoms with van der Waals surface area (Å²) >= 11 is 0. The van der Waals surface area contributed by atoms with Crippen LogP contribution in [0.3, 0.4) is 0 Å². The minimum absolute atomic E-state index is 0.188. The molecular formula is C14H26N2O4. The molecule has 1 aliphatic rings. The van der Waals surface area contributed by atoms with Crippen molar-refractivity contribution in [3.63, 3.8) is 0 Å². The van der Waals surface area contributed by atoms with Gasteiger partial charge in [-0.15, -0.1) is 0 Å². The highest BCUT2D eigenvalue weighted by atomic mass is 16.6. The van der Waals surface area contributed by atoms with Crippen LogP contribution >= 0.6 is 0 Å². The van der Waals surface area contributed by atoms with Crippen LogP contribution in [-0.2, 0) is 9.53 Å². The molecule has 0 aliphatic carbocycles. The molecule has 0 bridgehead atoms. The number of carboxylic acids is 1. The number of hydrogen-bond donors (Lipinski definition) is 1. The molecule has 0 aromatic carbocycles. The van der Waals surface area contributed by atoms with Crippen molar-refractivity contribution in [2.45, 2.75) is 52.2 Å². The van der Waals surface area contributed by atoms with E-state index < -0.39 is 11.6 Å². The van der Waals surface area contributed by atoms with E-state index in [-0.39, 0.29) is 18.6 Å². The molecule has 1 saturated heterocycles. The van der Waals surface area contributed by atoms with Crippen LogP contribution in [0, 0.1) is 0 Å². The lowest BCUT2D eigenvalue weighted by atomic mass is 10.1. The second kappa shape index (κ2) is 6.92. The molecule has 0 spiro atoms. The van der Waals surface area contributed by atoms with Gasteiger partial charge in [-0.3, -0.25) is 9.69 Å². The molecule has 6 nitrogen and oxygen atoms in total. The molecule has 0 aromatic rings. The number of hydrogen-bond acceptors (Lipinski definition) is 4. The zero-order valence-electron chi connectivity index (χ0n) is 12.9. The Balaban J connectivity index is 2.36. The molecule has 1 rings (SSSR count). The molecule has 1 fully saturated rings. The molecule has 1 unspecified atom stereocenters. The first-order valence-corrected chi connectivity index (χ1v) is 7.13. The standard InChI is InChI=1S/C14H26N2O4/c1-11(5-6-12(17)18)15-7-9-16(10-8-15)13(19)20-14(2,3)4/h11H,5-10H2,1-4H3,(H,17,18). The molecule has 116 valence electrons. The van der Waals surface area contributed by atoms with E-state index in [0.717, 1.165) is 13.1 Å². The minimum Gasteiger partial charge on any atom is -0.481 e. The van der Waals surface area contributed by atoms with Gasteiger partial charge in [0, 0.05) is 38.6 Å². The van der Waals surface area contributed by atoms with Crippen molar-refractivity contribution >= 4 is 12.1 Å². The first-order chi connectivity index (χ1) is 9.19. The third kappa shape index (κ3) is 5.77. The van der Waals surface area contributed by atoms with E-state index in [9.17, 15) is 9.59 Å². The Labute approximate surface area is 120 Å². The number of carbonyl (C=O) groups excluding carboxylic acids is 1. The number of nitrogens with zero attached hydrogens (tertiary/aromatic N) is 2. The number of aliphatic carboxylic acids is 1. The summed E-state index contributed by atoms with van der Waals surface area (Å²) in [7, 11) is 0. The third-order valence-corrected chi connectivity index (χ3v) is 3.37. The van der Waals surface area contributed by atoms with Gasteiger partial charge in [0.2, 0.25) is 0 Å². The van der Waals surface area contributed by atoms with E-state index in [1.807, 2.05) is 27.7 Å². The predicted octanol–water partition coefficient (Wildman–Crippen LogP) is 1.79. The Morgan fingerprint density at radius 3 is 2.20 bits per heavy atom. The van der Waals surface area contributed by atoms with Crippen LogP contribution in [0.15, 0.2) is 0 Å². The molecule has 0 saturated carbocycles. The molecule has 0 radical (unpaired) electrons. The van der Waals surface area contributed by atoms with Gasteiger partial charge in [-0.05, 0) is 34.1 Å². The van der Waals surface area contributed by atoms with Crippen LogP contribution in [0.4, 0.5) is 4.79 Å². The van der Waals surface area contributed by atoms with E-state index in [1.54, 1.807) is 4.90 Å². The van der Waals surface area contributed by atoms with Gasteiger partial charge >= 0.3 is 12.1 Å². The SMILES string of the molecule is CC(CCC(=O)O)N1CCN(C(=O)OC(C)(C)C)CC1. The summed E-state index contributed by atoms with van der Waals surface area (Å²) < 4.78 is 5.34. The lowest BCUT2D eigenvalue weighted by Gasteiger charge is -2.38. The van der Waals surface area contributed by atoms with E-state index in [1.165, 1.54) is 0 Å². The van der Waals surface area contributed by atoms with Gasteiger partial charge in [0.25, 0.3) is 0 Å². The number of piperazine rings is 1. The van der Waals surface area contributed by atoms with Crippen molar-refractivity contribution in [3.8, 4) is 0 Å². The van der Waals surface area contributed by atoms with Crippen molar-refractivity contribution in [1.29, 1.82) is 0 Å². The molecule has 1 amide bonds. The summed E-state index contributed by atoms with van der Waals surface area (Å²) in [5.74, 6) is -0.760. The Morgan fingerprint density at radius 2 is 1.75 bits per heavy atom. The van der Waals surface area contributed by atoms with Gasteiger partial charge < -0.3 is 14.7 Å². The zero-order valence-corrected chi connectivity index (χ0v) is 12.9. The van der Waals surface area contributed by atoms with Gasteiger partial charge in [-0.2, -0.15) is 0 Å². The van der Waals surface area contributed by atoms with Crippen molar-refractivity contribution < 1.29 is 19.4 Å². The van der Waals surface area contributed by atoms with Gasteiger partial charge in [0.15, 0.2) is 0 Å². The molecule has 1 heterocycles. The Bertz CT molecular complexity index is 344. The highest BCUT2D eigenvalue weighted by molar-refractivity contribution is 5.68. The van der Waals surface area contributed by atoms with E-state index in [2.05, 4.69) is 4.90 Å². The summed E-state index contributed by atoms with van der Waals surface area (Å²) in [4.78, 5) is 26.4. The van der Waals surface area contributed by atoms with Crippen LogP contribution < -0.4 is 0 Å². The van der Waals surface area contributed by atoms with Crippen molar-refractivity contribution in [2.24, 2.45) is 0 Å². The van der Waals surface area contributed by atoms with Crippen LogP contribution in [0.25, 0.3) is 0 Å². The summed E-state index contributed by atoms with van der Waals surface area (Å²) in [5, 5.41) is 8.70. The molecule has 0 aromatic heterocycles. The maximum atomic E-state index is 11.9. The van der Waals surface area contributed by atoms with Gasteiger partial charge in [0.1, 0.15) is 5.60 Å². The van der Waals surface area contributed by atoms with Crippen LogP contribution in [0.2, 0.25) is 0 Å². The molecule has 1 aliphatic heterocycles.